The van der Waals surface area contributed by atoms with Gasteiger partial charge in [-0.3, -0.25) is 9.59 Å². The Bertz CT molecular complexity index is 744. The van der Waals surface area contributed by atoms with Crippen molar-refractivity contribution in [3.05, 3.63) is 29.8 Å². The molecule has 1 aromatic rings. The van der Waals surface area contributed by atoms with Crippen LogP contribution in [0.4, 0.5) is 0 Å². The smallest absolute Gasteiger partial charge is 0.263 e. The zero-order valence-corrected chi connectivity index (χ0v) is 16.6. The summed E-state index contributed by atoms with van der Waals surface area (Å²) in [5.41, 5.74) is 0.500. The van der Waals surface area contributed by atoms with Crippen LogP contribution in [0.3, 0.4) is 0 Å². The number of ether oxygens (including phenoxy) is 1. The number of likely N-dealkylation sites (N-methyl/N-ethyl adjacent to an activating group) is 1. The fourth-order valence-corrected chi connectivity index (χ4v) is 3.78. The van der Waals surface area contributed by atoms with Crippen LogP contribution in [-0.2, 0) is 9.59 Å². The van der Waals surface area contributed by atoms with Gasteiger partial charge in [0, 0.05) is 45.2 Å². The van der Waals surface area contributed by atoms with Crippen molar-refractivity contribution in [2.45, 2.75) is 25.9 Å². The fraction of sp³-hybridized carbons (Fsp3) is 0.571. The molecule has 7 heteroatoms. The van der Waals surface area contributed by atoms with Crippen molar-refractivity contribution in [1.29, 1.82) is 5.26 Å². The van der Waals surface area contributed by atoms with E-state index in [0.717, 1.165) is 26.2 Å². The van der Waals surface area contributed by atoms with Crippen molar-refractivity contribution in [3.63, 3.8) is 0 Å². The molecule has 2 aliphatic rings. The average Bonchev–Trinajstić information content (AvgIpc) is 2.73. The second kappa shape index (κ2) is 9.07. The second-order valence-corrected chi connectivity index (χ2v) is 7.63. The summed E-state index contributed by atoms with van der Waals surface area (Å²) in [5, 5.41) is 8.97. The maximum Gasteiger partial charge on any atom is 0.263 e. The summed E-state index contributed by atoms with van der Waals surface area (Å²) in [7, 11) is 2.08. The summed E-state index contributed by atoms with van der Waals surface area (Å²) < 4.78 is 5.73. The molecular formula is C21H28N4O3. The molecule has 1 atom stereocenters. The van der Waals surface area contributed by atoms with Crippen LogP contribution < -0.4 is 4.74 Å². The molecule has 0 bridgehead atoms. The van der Waals surface area contributed by atoms with E-state index in [9.17, 15) is 9.59 Å². The Balaban J connectivity index is 1.49. The van der Waals surface area contributed by atoms with Gasteiger partial charge in [-0.1, -0.05) is 6.07 Å². The third kappa shape index (κ3) is 4.82. The lowest BCUT2D eigenvalue weighted by molar-refractivity contribution is -0.144. The van der Waals surface area contributed by atoms with Crippen molar-refractivity contribution in [3.8, 4) is 11.8 Å². The molecule has 28 heavy (non-hydrogen) atoms. The first-order valence-electron chi connectivity index (χ1n) is 9.91. The molecule has 2 saturated heterocycles. The van der Waals surface area contributed by atoms with Crippen LogP contribution in [0.1, 0.15) is 25.3 Å². The molecular weight excluding hydrogens is 356 g/mol. The normalized spacial score (nSPS) is 19.8. The molecule has 1 aromatic carbocycles. The Morgan fingerprint density at radius 1 is 1.11 bits per heavy atom. The van der Waals surface area contributed by atoms with Crippen LogP contribution >= 0.6 is 0 Å². The molecule has 0 radical (unpaired) electrons. The van der Waals surface area contributed by atoms with Crippen LogP contribution in [0.25, 0.3) is 0 Å². The van der Waals surface area contributed by atoms with Gasteiger partial charge in [0.2, 0.25) is 5.91 Å². The maximum atomic E-state index is 12.7. The quantitative estimate of drug-likeness (QED) is 0.783. The van der Waals surface area contributed by atoms with E-state index in [1.165, 1.54) is 0 Å². The molecule has 0 aromatic heterocycles. The molecule has 2 amide bonds. The number of carbonyl (C=O) groups is 2. The van der Waals surface area contributed by atoms with Gasteiger partial charge >= 0.3 is 0 Å². The molecule has 7 nitrogen and oxygen atoms in total. The van der Waals surface area contributed by atoms with E-state index in [1.54, 1.807) is 36.1 Å². The van der Waals surface area contributed by atoms with Crippen LogP contribution in [0.5, 0.6) is 5.75 Å². The molecule has 0 N–H and O–H groups in total. The predicted molar refractivity (Wildman–Crippen MR) is 105 cm³/mol. The summed E-state index contributed by atoms with van der Waals surface area (Å²) in [6.45, 7) is 6.31. The van der Waals surface area contributed by atoms with Gasteiger partial charge in [-0.05, 0) is 45.0 Å². The van der Waals surface area contributed by atoms with Gasteiger partial charge in [-0.2, -0.15) is 5.26 Å². The van der Waals surface area contributed by atoms with Gasteiger partial charge in [-0.25, -0.2) is 0 Å². The highest BCUT2D eigenvalue weighted by molar-refractivity contribution is 5.82. The number of carbonyl (C=O) groups excluding carboxylic acids is 2. The Labute approximate surface area is 166 Å². The standard InChI is InChI=1S/C21H28N4O3/c1-16(28-19-5-3-4-17(14-19)15-22)20(26)24-8-6-18(7-9-24)21(27)25-12-10-23(2)11-13-25/h3-5,14,16,18H,6-13H2,1-2H3. The summed E-state index contributed by atoms with van der Waals surface area (Å²) in [6, 6.07) is 8.87. The van der Waals surface area contributed by atoms with Crippen molar-refractivity contribution >= 4 is 11.8 Å². The minimum absolute atomic E-state index is 0.0102. The number of piperazine rings is 1. The Hall–Kier alpha value is -2.59. The number of amides is 2. The van der Waals surface area contributed by atoms with Crippen molar-refractivity contribution in [1.82, 2.24) is 14.7 Å². The molecule has 1 unspecified atom stereocenters. The largest absolute Gasteiger partial charge is 0.481 e. The molecule has 2 heterocycles. The summed E-state index contributed by atoms with van der Waals surface area (Å²) >= 11 is 0. The summed E-state index contributed by atoms with van der Waals surface area (Å²) in [4.78, 5) is 31.4. The molecule has 0 saturated carbocycles. The number of piperidine rings is 1. The molecule has 0 spiro atoms. The van der Waals surface area contributed by atoms with E-state index >= 15 is 0 Å². The fourth-order valence-electron chi connectivity index (χ4n) is 3.78. The summed E-state index contributed by atoms with van der Waals surface area (Å²) in [6.07, 6.45) is 0.778. The number of nitrogens with zero attached hydrogens (tertiary/aromatic N) is 4. The topological polar surface area (TPSA) is 76.9 Å². The number of benzene rings is 1. The van der Waals surface area contributed by atoms with Gasteiger partial charge in [-0.15, -0.1) is 0 Å². The highest BCUT2D eigenvalue weighted by Crippen LogP contribution is 2.22. The molecule has 2 aliphatic heterocycles. The van der Waals surface area contributed by atoms with Crippen molar-refractivity contribution in [2.75, 3.05) is 46.3 Å². The van der Waals surface area contributed by atoms with Gasteiger partial charge in [0.1, 0.15) is 5.75 Å². The van der Waals surface area contributed by atoms with E-state index in [2.05, 4.69) is 18.0 Å². The predicted octanol–water partition coefficient (Wildman–Crippen LogP) is 1.34. The first kappa shape index (κ1) is 20.2. The van der Waals surface area contributed by atoms with Gasteiger partial charge in [0.05, 0.1) is 11.6 Å². The first-order chi connectivity index (χ1) is 13.5. The number of rotatable bonds is 4. The Kier molecular flexibility index (Phi) is 6.53. The molecule has 0 aliphatic carbocycles. The van der Waals surface area contributed by atoms with E-state index in [4.69, 9.17) is 10.00 Å². The molecule has 2 fully saturated rings. The number of hydrogen-bond acceptors (Lipinski definition) is 5. The van der Waals surface area contributed by atoms with E-state index < -0.39 is 6.10 Å². The maximum absolute atomic E-state index is 12.7. The van der Waals surface area contributed by atoms with Crippen LogP contribution in [0, 0.1) is 17.2 Å². The second-order valence-electron chi connectivity index (χ2n) is 7.63. The third-order valence-corrected chi connectivity index (χ3v) is 5.59. The van der Waals surface area contributed by atoms with Crippen LogP contribution in [0.2, 0.25) is 0 Å². The lowest BCUT2D eigenvalue weighted by Gasteiger charge is -2.38. The average molecular weight is 384 g/mol. The number of hydrogen-bond donors (Lipinski definition) is 0. The molecule has 150 valence electrons. The zero-order valence-electron chi connectivity index (χ0n) is 16.6. The number of likely N-dealkylation sites (tertiary alicyclic amines) is 1. The van der Waals surface area contributed by atoms with Crippen LogP contribution in [-0.4, -0.2) is 78.9 Å². The van der Waals surface area contributed by atoms with Gasteiger partial charge in [0.25, 0.3) is 5.91 Å². The lowest BCUT2D eigenvalue weighted by Crippen LogP contribution is -2.51. The Morgan fingerprint density at radius 3 is 2.43 bits per heavy atom. The van der Waals surface area contributed by atoms with E-state index in [-0.39, 0.29) is 17.7 Å². The highest BCUT2D eigenvalue weighted by atomic mass is 16.5. The number of nitriles is 1. The van der Waals surface area contributed by atoms with E-state index in [0.29, 0.717) is 37.2 Å². The Morgan fingerprint density at radius 2 is 1.79 bits per heavy atom. The highest BCUT2D eigenvalue weighted by Gasteiger charge is 2.32. The van der Waals surface area contributed by atoms with Crippen LogP contribution in [0.15, 0.2) is 24.3 Å². The zero-order chi connectivity index (χ0) is 20.1. The third-order valence-electron chi connectivity index (χ3n) is 5.59. The van der Waals surface area contributed by atoms with E-state index in [1.807, 2.05) is 4.90 Å². The van der Waals surface area contributed by atoms with Crippen molar-refractivity contribution in [2.24, 2.45) is 5.92 Å². The SMILES string of the molecule is CC(Oc1cccc(C#N)c1)C(=O)N1CCC(C(=O)N2CCN(C)CC2)CC1. The van der Waals surface area contributed by atoms with Crippen molar-refractivity contribution < 1.29 is 14.3 Å². The minimum Gasteiger partial charge on any atom is -0.481 e. The van der Waals surface area contributed by atoms with Gasteiger partial charge in [0.15, 0.2) is 6.10 Å². The lowest BCUT2D eigenvalue weighted by atomic mass is 9.94. The monoisotopic (exact) mass is 384 g/mol. The first-order valence-corrected chi connectivity index (χ1v) is 9.91. The van der Waals surface area contributed by atoms with Gasteiger partial charge < -0.3 is 19.4 Å². The summed E-state index contributed by atoms with van der Waals surface area (Å²) in [5.74, 6) is 0.682. The minimum atomic E-state index is -0.626. The molecule has 3 rings (SSSR count).